The first-order valence-electron chi connectivity index (χ1n) is 9.00. The fourth-order valence-corrected chi connectivity index (χ4v) is 4.06. The molecule has 7 heteroatoms. The number of hydrogen-bond acceptors (Lipinski definition) is 4. The van der Waals surface area contributed by atoms with Crippen molar-refractivity contribution < 1.29 is 19.1 Å². The van der Waals surface area contributed by atoms with E-state index in [0.717, 1.165) is 14.8 Å². The molecule has 0 atom stereocenters. The Kier molecular flexibility index (Phi) is 5.15. The third-order valence-electron chi connectivity index (χ3n) is 4.67. The zero-order chi connectivity index (χ0) is 20.7. The van der Waals surface area contributed by atoms with Gasteiger partial charge in [-0.1, -0.05) is 46.6 Å². The molecule has 3 aromatic carbocycles. The molecule has 0 fully saturated rings. The Morgan fingerprint density at radius 2 is 1.83 bits per heavy atom. The Hall–Kier alpha value is -2.70. The number of anilines is 1. The second-order valence-corrected chi connectivity index (χ2v) is 7.93. The molecule has 0 unspecified atom stereocenters. The van der Waals surface area contributed by atoms with Gasteiger partial charge in [0.15, 0.2) is 0 Å². The number of carbonyl (C=O) groups is 3. The van der Waals surface area contributed by atoms with Gasteiger partial charge in [0.05, 0.1) is 28.4 Å². The van der Waals surface area contributed by atoms with E-state index in [1.165, 1.54) is 18.2 Å². The van der Waals surface area contributed by atoms with Gasteiger partial charge in [0.1, 0.15) is 0 Å². The maximum Gasteiger partial charge on any atom is 0.339 e. The van der Waals surface area contributed by atoms with Crippen LogP contribution in [0.4, 0.5) is 5.69 Å². The van der Waals surface area contributed by atoms with E-state index >= 15 is 0 Å². The molecule has 146 valence electrons. The van der Waals surface area contributed by atoms with Crippen molar-refractivity contribution >= 4 is 61.8 Å². The summed E-state index contributed by atoms with van der Waals surface area (Å²) in [5.74, 6) is -1.51. The lowest BCUT2D eigenvalue weighted by atomic mass is 9.93. The molecule has 29 heavy (non-hydrogen) atoms. The molecule has 1 aliphatic heterocycles. The van der Waals surface area contributed by atoms with E-state index < -0.39 is 17.8 Å². The van der Waals surface area contributed by atoms with Gasteiger partial charge < -0.3 is 4.74 Å². The molecule has 3 aromatic rings. The Balaban J connectivity index is 1.84. The van der Waals surface area contributed by atoms with Gasteiger partial charge in [0.2, 0.25) is 0 Å². The first-order chi connectivity index (χ1) is 13.9. The molecule has 0 bridgehead atoms. The highest BCUT2D eigenvalue weighted by Gasteiger charge is 2.34. The van der Waals surface area contributed by atoms with E-state index in [2.05, 4.69) is 15.9 Å². The Bertz CT molecular complexity index is 1190. The van der Waals surface area contributed by atoms with Gasteiger partial charge in [-0.25, -0.2) is 9.69 Å². The molecule has 0 radical (unpaired) electrons. The molecule has 1 heterocycles. The number of imide groups is 1. The first-order valence-corrected chi connectivity index (χ1v) is 10.2. The molecule has 0 saturated heterocycles. The van der Waals surface area contributed by atoms with Crippen LogP contribution < -0.4 is 4.90 Å². The number of ether oxygens (including phenoxy) is 1. The molecule has 4 rings (SSSR count). The van der Waals surface area contributed by atoms with Crippen molar-refractivity contribution in [3.05, 3.63) is 74.7 Å². The van der Waals surface area contributed by atoms with Crippen LogP contribution in [-0.4, -0.2) is 24.4 Å². The first kappa shape index (κ1) is 19.6. The van der Waals surface area contributed by atoms with Gasteiger partial charge in [0, 0.05) is 15.4 Å². The SMILES string of the molecule is CCCOC(=O)c1cc(N2C(=O)c3cccc4cc(Br)cc(c34)C2=O)ccc1Cl. The third kappa shape index (κ3) is 3.32. The van der Waals surface area contributed by atoms with Crippen LogP contribution in [-0.2, 0) is 4.74 Å². The van der Waals surface area contributed by atoms with Crippen molar-refractivity contribution in [3.8, 4) is 0 Å². The van der Waals surface area contributed by atoms with Gasteiger partial charge in [-0.15, -0.1) is 0 Å². The normalized spacial score (nSPS) is 13.1. The Morgan fingerprint density at radius 3 is 2.59 bits per heavy atom. The van der Waals surface area contributed by atoms with Crippen LogP contribution in [0.5, 0.6) is 0 Å². The summed E-state index contributed by atoms with van der Waals surface area (Å²) in [5.41, 5.74) is 1.20. The number of carbonyl (C=O) groups excluding carboxylic acids is 3. The summed E-state index contributed by atoms with van der Waals surface area (Å²) in [6.45, 7) is 2.14. The largest absolute Gasteiger partial charge is 0.462 e. The zero-order valence-corrected chi connectivity index (χ0v) is 17.7. The fourth-order valence-electron chi connectivity index (χ4n) is 3.39. The monoisotopic (exact) mass is 471 g/mol. The predicted octanol–water partition coefficient (Wildman–Crippen LogP) is 5.62. The Morgan fingerprint density at radius 1 is 1.07 bits per heavy atom. The number of hydrogen-bond donors (Lipinski definition) is 0. The molecule has 0 saturated carbocycles. The van der Waals surface area contributed by atoms with Gasteiger partial charge >= 0.3 is 5.97 Å². The number of halogens is 2. The van der Waals surface area contributed by atoms with Crippen LogP contribution >= 0.6 is 27.5 Å². The van der Waals surface area contributed by atoms with Crippen molar-refractivity contribution in [3.63, 3.8) is 0 Å². The van der Waals surface area contributed by atoms with Crippen LogP contribution in [0.15, 0.2) is 53.0 Å². The van der Waals surface area contributed by atoms with Crippen molar-refractivity contribution in [1.29, 1.82) is 0 Å². The summed E-state index contributed by atoms with van der Waals surface area (Å²) >= 11 is 9.57. The number of rotatable bonds is 4. The topological polar surface area (TPSA) is 63.7 Å². The van der Waals surface area contributed by atoms with Crippen molar-refractivity contribution in [2.24, 2.45) is 0 Å². The Labute approximate surface area is 180 Å². The summed E-state index contributed by atoms with van der Waals surface area (Å²) < 4.78 is 5.89. The summed E-state index contributed by atoms with van der Waals surface area (Å²) in [7, 11) is 0. The van der Waals surface area contributed by atoms with Gasteiger partial charge in [-0.3, -0.25) is 9.59 Å². The molecule has 2 amide bonds. The third-order valence-corrected chi connectivity index (χ3v) is 5.46. The number of amides is 2. The average Bonchev–Trinajstić information content (AvgIpc) is 2.71. The zero-order valence-electron chi connectivity index (χ0n) is 15.4. The lowest BCUT2D eigenvalue weighted by Gasteiger charge is -2.27. The second-order valence-electron chi connectivity index (χ2n) is 6.60. The molecular formula is C22H15BrClNO4. The van der Waals surface area contributed by atoms with E-state index in [4.69, 9.17) is 16.3 Å². The van der Waals surface area contributed by atoms with E-state index in [-0.39, 0.29) is 22.9 Å². The van der Waals surface area contributed by atoms with E-state index in [1.54, 1.807) is 18.2 Å². The van der Waals surface area contributed by atoms with Crippen LogP contribution in [0, 0.1) is 0 Å². The summed E-state index contributed by atoms with van der Waals surface area (Å²) in [4.78, 5) is 39.8. The second kappa shape index (κ2) is 7.61. The van der Waals surface area contributed by atoms with Crippen molar-refractivity contribution in [2.45, 2.75) is 13.3 Å². The molecule has 1 aliphatic rings. The number of nitrogens with zero attached hydrogens (tertiary/aromatic N) is 1. The predicted molar refractivity (Wildman–Crippen MR) is 115 cm³/mol. The number of benzene rings is 3. The minimum atomic E-state index is -0.596. The quantitative estimate of drug-likeness (QED) is 0.365. The molecule has 0 N–H and O–H groups in total. The lowest BCUT2D eigenvalue weighted by molar-refractivity contribution is 0.0504. The fraction of sp³-hybridized carbons (Fsp3) is 0.136. The van der Waals surface area contributed by atoms with Crippen LogP contribution in [0.2, 0.25) is 5.02 Å². The van der Waals surface area contributed by atoms with Crippen LogP contribution in [0.1, 0.15) is 44.4 Å². The molecule has 0 aromatic heterocycles. The maximum atomic E-state index is 13.2. The number of esters is 1. The summed E-state index contributed by atoms with van der Waals surface area (Å²) in [6, 6.07) is 13.3. The van der Waals surface area contributed by atoms with Crippen molar-refractivity contribution in [2.75, 3.05) is 11.5 Å². The van der Waals surface area contributed by atoms with Gasteiger partial charge in [-0.05, 0) is 48.2 Å². The van der Waals surface area contributed by atoms with E-state index in [9.17, 15) is 14.4 Å². The van der Waals surface area contributed by atoms with Crippen LogP contribution in [0.25, 0.3) is 10.8 Å². The van der Waals surface area contributed by atoms with Crippen LogP contribution in [0.3, 0.4) is 0 Å². The summed E-state index contributed by atoms with van der Waals surface area (Å²) in [6.07, 6.45) is 0.668. The minimum Gasteiger partial charge on any atom is -0.462 e. The highest BCUT2D eigenvalue weighted by atomic mass is 79.9. The maximum absolute atomic E-state index is 13.2. The average molecular weight is 473 g/mol. The molecule has 0 spiro atoms. The van der Waals surface area contributed by atoms with E-state index in [1.807, 2.05) is 19.1 Å². The standard InChI is InChI=1S/C22H15BrClNO4/c1-2-8-29-22(28)16-11-14(6-7-18(16)24)25-20(26)15-5-3-4-12-9-13(23)10-17(19(12)15)21(25)27/h3-7,9-11H,2,8H2,1H3. The van der Waals surface area contributed by atoms with Gasteiger partial charge in [0.25, 0.3) is 11.8 Å². The van der Waals surface area contributed by atoms with Gasteiger partial charge in [-0.2, -0.15) is 0 Å². The van der Waals surface area contributed by atoms with Crippen molar-refractivity contribution in [1.82, 2.24) is 0 Å². The highest BCUT2D eigenvalue weighted by Crippen LogP contribution is 2.35. The molecule has 5 nitrogen and oxygen atoms in total. The highest BCUT2D eigenvalue weighted by molar-refractivity contribution is 9.10. The van der Waals surface area contributed by atoms with E-state index in [0.29, 0.717) is 22.9 Å². The smallest absolute Gasteiger partial charge is 0.339 e. The molecule has 0 aliphatic carbocycles. The molecular weight excluding hydrogens is 458 g/mol. The minimum absolute atomic E-state index is 0.108. The summed E-state index contributed by atoms with van der Waals surface area (Å²) in [5, 5.41) is 1.61. The lowest BCUT2D eigenvalue weighted by Crippen LogP contribution is -2.40.